The molecule has 5 heteroatoms. The minimum atomic E-state index is 0.279. The average Bonchev–Trinajstić information content (AvgIpc) is 3.05. The first-order chi connectivity index (χ1) is 14.0. The van der Waals surface area contributed by atoms with Gasteiger partial charge in [0, 0.05) is 41.3 Å². The summed E-state index contributed by atoms with van der Waals surface area (Å²) in [4.78, 5) is 14.1. The number of nitrogens with zero attached hydrogens (tertiary/aromatic N) is 4. The second-order valence-corrected chi connectivity index (χ2v) is 8.33. The van der Waals surface area contributed by atoms with Crippen LogP contribution in [0.15, 0.2) is 47.0 Å². The van der Waals surface area contributed by atoms with Crippen LogP contribution in [0.5, 0.6) is 0 Å². The lowest BCUT2D eigenvalue weighted by atomic mass is 10.0. The third kappa shape index (κ3) is 2.68. The zero-order chi connectivity index (χ0) is 20.3. The smallest absolute Gasteiger partial charge is 0.227 e. The van der Waals surface area contributed by atoms with Crippen LogP contribution in [0.1, 0.15) is 32.0 Å². The van der Waals surface area contributed by atoms with Crippen molar-refractivity contribution in [2.75, 3.05) is 16.3 Å². The molecular weight excluding hydrogens is 360 g/mol. The Morgan fingerprint density at radius 3 is 2.66 bits per heavy atom. The first kappa shape index (κ1) is 18.0. The van der Waals surface area contributed by atoms with Gasteiger partial charge in [0.25, 0.3) is 0 Å². The molecule has 0 fully saturated rings. The van der Waals surface area contributed by atoms with E-state index in [0.29, 0.717) is 11.8 Å². The van der Waals surface area contributed by atoms with E-state index in [1.165, 1.54) is 5.56 Å². The molecule has 3 aromatic heterocycles. The molecule has 0 spiro atoms. The number of benzene rings is 1. The van der Waals surface area contributed by atoms with Gasteiger partial charge in [-0.25, -0.2) is 9.97 Å². The minimum Gasteiger partial charge on any atom is -0.435 e. The average molecular weight is 386 g/mol. The van der Waals surface area contributed by atoms with Gasteiger partial charge in [0.15, 0.2) is 11.4 Å². The number of furan rings is 1. The topological polar surface area (TPSA) is 45.4 Å². The van der Waals surface area contributed by atoms with Gasteiger partial charge in [-0.1, -0.05) is 12.1 Å². The third-order valence-electron chi connectivity index (χ3n) is 5.89. The Labute approximate surface area is 171 Å². The number of rotatable bonds is 2. The maximum absolute atomic E-state index is 6.35. The molecule has 0 N–H and O–H groups in total. The molecule has 0 unspecified atom stereocenters. The van der Waals surface area contributed by atoms with Crippen LogP contribution in [0.2, 0.25) is 0 Å². The molecule has 148 valence electrons. The van der Waals surface area contributed by atoms with E-state index in [0.717, 1.165) is 45.8 Å². The summed E-state index contributed by atoms with van der Waals surface area (Å²) in [7, 11) is 0. The third-order valence-corrected chi connectivity index (χ3v) is 5.89. The van der Waals surface area contributed by atoms with E-state index >= 15 is 0 Å². The lowest BCUT2D eigenvalue weighted by Crippen LogP contribution is -2.48. The fourth-order valence-corrected chi connectivity index (χ4v) is 4.48. The van der Waals surface area contributed by atoms with Crippen molar-refractivity contribution >= 4 is 39.3 Å². The molecule has 1 aliphatic heterocycles. The molecule has 29 heavy (non-hydrogen) atoms. The van der Waals surface area contributed by atoms with Gasteiger partial charge in [-0.15, -0.1) is 0 Å². The summed E-state index contributed by atoms with van der Waals surface area (Å²) in [5, 5.41) is 2.17. The van der Waals surface area contributed by atoms with Crippen molar-refractivity contribution in [1.29, 1.82) is 0 Å². The predicted molar refractivity (Wildman–Crippen MR) is 119 cm³/mol. The molecular formula is C24H26N4O. The highest BCUT2D eigenvalue weighted by atomic mass is 16.3. The van der Waals surface area contributed by atoms with Crippen molar-refractivity contribution in [3.05, 3.63) is 53.9 Å². The van der Waals surface area contributed by atoms with Crippen molar-refractivity contribution in [3.8, 4) is 0 Å². The van der Waals surface area contributed by atoms with Gasteiger partial charge >= 0.3 is 0 Å². The molecule has 1 atom stereocenters. The van der Waals surface area contributed by atoms with E-state index in [4.69, 9.17) is 9.40 Å². The maximum atomic E-state index is 6.35. The highest BCUT2D eigenvalue weighted by Crippen LogP contribution is 2.45. The van der Waals surface area contributed by atoms with Crippen molar-refractivity contribution in [1.82, 2.24) is 9.97 Å². The lowest BCUT2D eigenvalue weighted by molar-refractivity contribution is 0.579. The molecule has 1 aromatic carbocycles. The standard InChI is InChI=1S/C24H26N4O/c1-14(2)27-13-17(5)28(20-7-6-12-25-23(20)27)21-15(3)8-10-18-19-11-9-16(4)26-24(19)29-22(18)21/h6-12,14,17H,13H2,1-5H3/t17-/m1/s1. The molecule has 5 rings (SSSR count). The quantitative estimate of drug-likeness (QED) is 0.439. The van der Waals surface area contributed by atoms with E-state index < -0.39 is 0 Å². The van der Waals surface area contributed by atoms with Gasteiger partial charge < -0.3 is 14.2 Å². The first-order valence-electron chi connectivity index (χ1n) is 10.3. The number of anilines is 3. The largest absolute Gasteiger partial charge is 0.435 e. The zero-order valence-corrected chi connectivity index (χ0v) is 17.6. The Hall–Kier alpha value is -3.08. The van der Waals surface area contributed by atoms with Crippen LogP contribution in [0.4, 0.5) is 17.2 Å². The van der Waals surface area contributed by atoms with Gasteiger partial charge in [-0.3, -0.25) is 0 Å². The molecule has 4 aromatic rings. The summed E-state index contributed by atoms with van der Waals surface area (Å²) < 4.78 is 6.35. The molecule has 0 saturated carbocycles. The number of pyridine rings is 2. The molecule has 0 radical (unpaired) electrons. The first-order valence-corrected chi connectivity index (χ1v) is 10.3. The van der Waals surface area contributed by atoms with Crippen LogP contribution in [0, 0.1) is 13.8 Å². The van der Waals surface area contributed by atoms with Crippen LogP contribution in [-0.4, -0.2) is 28.6 Å². The number of hydrogen-bond donors (Lipinski definition) is 0. The van der Waals surface area contributed by atoms with E-state index in [1.807, 2.05) is 25.3 Å². The van der Waals surface area contributed by atoms with Crippen molar-refractivity contribution in [3.63, 3.8) is 0 Å². The fraction of sp³-hybridized carbons (Fsp3) is 0.333. The Kier molecular flexibility index (Phi) is 4.02. The summed E-state index contributed by atoms with van der Waals surface area (Å²) in [6.07, 6.45) is 1.88. The number of aryl methyl sites for hydroxylation is 2. The van der Waals surface area contributed by atoms with E-state index in [1.54, 1.807) is 0 Å². The van der Waals surface area contributed by atoms with Gasteiger partial charge in [0.1, 0.15) is 0 Å². The molecule has 0 bridgehead atoms. The van der Waals surface area contributed by atoms with Gasteiger partial charge in [0.05, 0.1) is 11.4 Å². The van der Waals surface area contributed by atoms with Crippen LogP contribution in [0.25, 0.3) is 22.1 Å². The fourth-order valence-electron chi connectivity index (χ4n) is 4.48. The van der Waals surface area contributed by atoms with Crippen LogP contribution in [-0.2, 0) is 0 Å². The SMILES string of the molecule is Cc1ccc2c(n1)oc1c(N3c4cccnc4N(C(C)C)C[C@H]3C)c(C)ccc12. The summed E-state index contributed by atoms with van der Waals surface area (Å²) in [6, 6.07) is 13.3. The molecule has 5 nitrogen and oxygen atoms in total. The number of aromatic nitrogens is 2. The Balaban J connectivity index is 1.79. The molecule has 1 aliphatic rings. The highest BCUT2D eigenvalue weighted by Gasteiger charge is 2.33. The van der Waals surface area contributed by atoms with Crippen LogP contribution < -0.4 is 9.80 Å². The molecule has 0 amide bonds. The van der Waals surface area contributed by atoms with Gasteiger partial charge in [-0.2, -0.15) is 0 Å². The van der Waals surface area contributed by atoms with Crippen molar-refractivity contribution in [2.24, 2.45) is 0 Å². The number of fused-ring (bicyclic) bond motifs is 4. The summed E-state index contributed by atoms with van der Waals surface area (Å²) >= 11 is 0. The van der Waals surface area contributed by atoms with Gasteiger partial charge in [-0.05, 0) is 64.4 Å². The Morgan fingerprint density at radius 1 is 1.07 bits per heavy atom. The lowest BCUT2D eigenvalue weighted by Gasteiger charge is -2.44. The summed E-state index contributed by atoms with van der Waals surface area (Å²) in [5.74, 6) is 1.03. The Bertz CT molecular complexity index is 1230. The molecule has 0 saturated heterocycles. The maximum Gasteiger partial charge on any atom is 0.227 e. The van der Waals surface area contributed by atoms with Gasteiger partial charge in [0.2, 0.25) is 5.71 Å². The summed E-state index contributed by atoms with van der Waals surface area (Å²) in [6.45, 7) is 11.8. The zero-order valence-electron chi connectivity index (χ0n) is 17.6. The minimum absolute atomic E-state index is 0.279. The highest BCUT2D eigenvalue weighted by molar-refractivity contribution is 6.09. The second kappa shape index (κ2) is 6.48. The molecule has 4 heterocycles. The van der Waals surface area contributed by atoms with E-state index in [9.17, 15) is 0 Å². The monoisotopic (exact) mass is 386 g/mol. The van der Waals surface area contributed by atoms with E-state index in [-0.39, 0.29) is 6.04 Å². The molecule has 0 aliphatic carbocycles. The second-order valence-electron chi connectivity index (χ2n) is 8.33. The normalized spacial score (nSPS) is 16.8. The van der Waals surface area contributed by atoms with E-state index in [2.05, 4.69) is 66.7 Å². The number of hydrogen-bond acceptors (Lipinski definition) is 5. The van der Waals surface area contributed by atoms with Crippen molar-refractivity contribution < 1.29 is 4.42 Å². The summed E-state index contributed by atoms with van der Waals surface area (Å²) in [5.41, 5.74) is 5.99. The van der Waals surface area contributed by atoms with Crippen LogP contribution in [0.3, 0.4) is 0 Å². The predicted octanol–water partition coefficient (Wildman–Crippen LogP) is 5.75. The Morgan fingerprint density at radius 2 is 1.86 bits per heavy atom. The van der Waals surface area contributed by atoms with Crippen LogP contribution >= 0.6 is 0 Å². The van der Waals surface area contributed by atoms with Crippen molar-refractivity contribution in [2.45, 2.75) is 46.7 Å².